The van der Waals surface area contributed by atoms with Gasteiger partial charge in [0, 0.05) is 28.5 Å². The number of phenols is 1. The van der Waals surface area contributed by atoms with Crippen molar-refractivity contribution < 1.29 is 5.11 Å². The zero-order chi connectivity index (χ0) is 32.0. The van der Waals surface area contributed by atoms with Gasteiger partial charge < -0.3 is 5.11 Å². The number of benzene rings is 6. The molecule has 0 radical (unpaired) electrons. The van der Waals surface area contributed by atoms with Gasteiger partial charge in [-0.1, -0.05) is 140 Å². The molecule has 0 fully saturated rings. The van der Waals surface area contributed by atoms with E-state index in [4.69, 9.17) is 9.97 Å². The van der Waals surface area contributed by atoms with E-state index in [2.05, 4.69) is 150 Å². The Labute approximate surface area is 279 Å². The van der Waals surface area contributed by atoms with E-state index < -0.39 is 0 Å². The molecule has 0 saturated carbocycles. The van der Waals surface area contributed by atoms with Crippen LogP contribution in [0.15, 0.2) is 158 Å². The van der Waals surface area contributed by atoms with Gasteiger partial charge in [-0.25, -0.2) is 9.97 Å². The second-order valence-electron chi connectivity index (χ2n) is 12.3. The van der Waals surface area contributed by atoms with Crippen molar-refractivity contribution in [2.45, 2.75) is 12.8 Å². The second-order valence-corrected chi connectivity index (χ2v) is 12.3. The Balaban J connectivity index is 1.36. The van der Waals surface area contributed by atoms with Crippen LogP contribution in [0.3, 0.4) is 0 Å². The van der Waals surface area contributed by atoms with Gasteiger partial charge in [0.05, 0.1) is 17.1 Å². The van der Waals surface area contributed by atoms with Gasteiger partial charge >= 0.3 is 0 Å². The molecule has 0 bridgehead atoms. The predicted molar refractivity (Wildman–Crippen MR) is 195 cm³/mol. The fourth-order valence-electron chi connectivity index (χ4n) is 7.18. The number of rotatable bonds is 5. The Kier molecular flexibility index (Phi) is 6.72. The molecule has 4 heteroatoms. The monoisotopic (exact) mass is 617 g/mol. The number of hydrogen-bond donors (Lipinski definition) is 1. The average Bonchev–Trinajstić information content (AvgIpc) is 3.60. The lowest BCUT2D eigenvalue weighted by molar-refractivity contribution is 0.476. The van der Waals surface area contributed by atoms with Crippen molar-refractivity contribution in [1.29, 1.82) is 0 Å². The molecule has 2 heterocycles. The summed E-state index contributed by atoms with van der Waals surface area (Å²) in [5.74, 6) is 1.00. The van der Waals surface area contributed by atoms with Crippen LogP contribution in [0.1, 0.15) is 11.1 Å². The zero-order valence-corrected chi connectivity index (χ0v) is 26.2. The van der Waals surface area contributed by atoms with Crippen LogP contribution in [0, 0.1) is 0 Å². The standard InChI is InChI=1S/C44H31N3O/c48-40-23-10-18-32-24-25-33-26-27-38(45-42(33)41(32)40)44-46-39(37-22-9-17-29-16-7-8-19-34(29)37)28-47(44)43-35(30-12-3-1-4-13-30)20-11-21-36(43)31-14-5-2-6-15-31/h1-23,26-28,48H,24-25H2. The summed E-state index contributed by atoms with van der Waals surface area (Å²) < 4.78 is 2.23. The fourth-order valence-corrected chi connectivity index (χ4v) is 7.18. The third-order valence-electron chi connectivity index (χ3n) is 9.46. The van der Waals surface area contributed by atoms with E-state index in [9.17, 15) is 5.11 Å². The van der Waals surface area contributed by atoms with Crippen molar-refractivity contribution in [3.8, 4) is 67.7 Å². The van der Waals surface area contributed by atoms with Gasteiger partial charge in [-0.3, -0.25) is 4.57 Å². The van der Waals surface area contributed by atoms with Crippen LogP contribution in [-0.4, -0.2) is 19.6 Å². The van der Waals surface area contributed by atoms with Gasteiger partial charge in [0.25, 0.3) is 0 Å². The zero-order valence-electron chi connectivity index (χ0n) is 26.2. The number of aromatic nitrogens is 3. The van der Waals surface area contributed by atoms with E-state index in [0.717, 1.165) is 91.3 Å². The minimum absolute atomic E-state index is 0.263. The van der Waals surface area contributed by atoms with E-state index >= 15 is 0 Å². The van der Waals surface area contributed by atoms with Gasteiger partial charge in [0.1, 0.15) is 11.4 Å². The Morgan fingerprint density at radius 2 is 1.12 bits per heavy atom. The van der Waals surface area contributed by atoms with E-state index in [-0.39, 0.29) is 5.75 Å². The molecule has 2 aromatic heterocycles. The maximum atomic E-state index is 11.0. The lowest BCUT2D eigenvalue weighted by Crippen LogP contribution is -2.08. The summed E-state index contributed by atoms with van der Waals surface area (Å²) in [5, 5.41) is 13.3. The van der Waals surface area contributed by atoms with E-state index in [1.807, 2.05) is 6.07 Å². The molecule has 0 spiro atoms. The minimum Gasteiger partial charge on any atom is -0.507 e. The highest BCUT2D eigenvalue weighted by Crippen LogP contribution is 2.42. The van der Waals surface area contributed by atoms with Crippen molar-refractivity contribution in [3.63, 3.8) is 0 Å². The summed E-state index contributed by atoms with van der Waals surface area (Å²) in [6, 6.07) is 52.4. The third kappa shape index (κ3) is 4.69. The summed E-state index contributed by atoms with van der Waals surface area (Å²) >= 11 is 0. The predicted octanol–water partition coefficient (Wildman–Crippen LogP) is 10.6. The van der Waals surface area contributed by atoms with E-state index in [1.165, 1.54) is 5.39 Å². The Morgan fingerprint density at radius 3 is 1.90 bits per heavy atom. The Bertz CT molecular complexity index is 2400. The maximum Gasteiger partial charge on any atom is 0.163 e. The Morgan fingerprint density at radius 1 is 0.500 bits per heavy atom. The molecular weight excluding hydrogens is 587 g/mol. The lowest BCUT2D eigenvalue weighted by Gasteiger charge is -2.21. The van der Waals surface area contributed by atoms with Crippen LogP contribution < -0.4 is 0 Å². The van der Waals surface area contributed by atoms with Crippen LogP contribution >= 0.6 is 0 Å². The first kappa shape index (κ1) is 28.0. The summed E-state index contributed by atoms with van der Waals surface area (Å²) in [4.78, 5) is 10.7. The number of phenolic OH excluding ortho intramolecular Hbond substituents is 1. The van der Waals surface area contributed by atoms with Crippen LogP contribution in [0.25, 0.3) is 72.7 Å². The van der Waals surface area contributed by atoms with Gasteiger partial charge in [-0.2, -0.15) is 0 Å². The van der Waals surface area contributed by atoms with Gasteiger partial charge in [-0.05, 0) is 58.0 Å². The molecule has 0 saturated heterocycles. The largest absolute Gasteiger partial charge is 0.507 e. The number of imidazole rings is 1. The molecule has 1 N–H and O–H groups in total. The van der Waals surface area contributed by atoms with Crippen LogP contribution in [0.5, 0.6) is 5.75 Å². The first-order valence-corrected chi connectivity index (χ1v) is 16.4. The molecule has 48 heavy (non-hydrogen) atoms. The van der Waals surface area contributed by atoms with Gasteiger partial charge in [0.2, 0.25) is 0 Å². The molecule has 0 unspecified atom stereocenters. The van der Waals surface area contributed by atoms with E-state index in [0.29, 0.717) is 0 Å². The number of para-hydroxylation sites is 1. The molecule has 228 valence electrons. The normalized spacial score (nSPS) is 12.1. The molecule has 1 aliphatic rings. The van der Waals surface area contributed by atoms with Crippen LogP contribution in [0.2, 0.25) is 0 Å². The van der Waals surface area contributed by atoms with Crippen molar-refractivity contribution >= 4 is 10.8 Å². The fraction of sp³-hybridized carbons (Fsp3) is 0.0455. The highest BCUT2D eigenvalue weighted by molar-refractivity contribution is 5.96. The topological polar surface area (TPSA) is 50.9 Å². The number of hydrogen-bond acceptors (Lipinski definition) is 3. The number of pyridine rings is 1. The SMILES string of the molecule is Oc1cccc2c1-c1nc(-c3nc(-c4cccc5ccccc45)cn3-c3c(-c4ccccc4)cccc3-c3ccccc3)ccc1CC2. The minimum atomic E-state index is 0.263. The molecule has 9 rings (SSSR count). The average molecular weight is 618 g/mol. The number of aromatic hydroxyl groups is 1. The van der Waals surface area contributed by atoms with Crippen molar-refractivity contribution in [1.82, 2.24) is 14.5 Å². The Hall–Kier alpha value is -6.26. The highest BCUT2D eigenvalue weighted by atomic mass is 16.3. The number of fused-ring (bicyclic) bond motifs is 4. The van der Waals surface area contributed by atoms with E-state index in [1.54, 1.807) is 6.07 Å². The smallest absolute Gasteiger partial charge is 0.163 e. The summed E-state index contributed by atoms with van der Waals surface area (Å²) in [5.41, 5.74) is 12.0. The maximum absolute atomic E-state index is 11.0. The van der Waals surface area contributed by atoms with Crippen LogP contribution in [0.4, 0.5) is 0 Å². The molecule has 4 nitrogen and oxygen atoms in total. The van der Waals surface area contributed by atoms with Gasteiger partial charge in [-0.15, -0.1) is 0 Å². The number of nitrogens with zero attached hydrogens (tertiary/aromatic N) is 3. The molecule has 0 aliphatic heterocycles. The number of aryl methyl sites for hydroxylation is 2. The first-order chi connectivity index (χ1) is 23.7. The second kappa shape index (κ2) is 11.5. The third-order valence-corrected chi connectivity index (χ3v) is 9.46. The van der Waals surface area contributed by atoms with Crippen LogP contribution in [-0.2, 0) is 12.8 Å². The molecule has 0 amide bonds. The summed E-state index contributed by atoms with van der Waals surface area (Å²) in [6.45, 7) is 0. The quantitative estimate of drug-likeness (QED) is 0.209. The van der Waals surface area contributed by atoms with Crippen molar-refractivity contribution in [3.05, 3.63) is 169 Å². The molecule has 0 atom stereocenters. The highest BCUT2D eigenvalue weighted by Gasteiger charge is 2.25. The van der Waals surface area contributed by atoms with Crippen molar-refractivity contribution in [2.24, 2.45) is 0 Å². The molecule has 1 aliphatic carbocycles. The van der Waals surface area contributed by atoms with Crippen molar-refractivity contribution in [2.75, 3.05) is 0 Å². The molecular formula is C44H31N3O. The summed E-state index contributed by atoms with van der Waals surface area (Å²) in [7, 11) is 0. The molecule has 8 aromatic rings. The van der Waals surface area contributed by atoms with Gasteiger partial charge in [0.15, 0.2) is 5.82 Å². The lowest BCUT2D eigenvalue weighted by atomic mass is 9.88. The first-order valence-electron chi connectivity index (χ1n) is 16.4. The summed E-state index contributed by atoms with van der Waals surface area (Å²) in [6.07, 6.45) is 3.92. The molecule has 6 aromatic carbocycles.